The maximum absolute atomic E-state index is 12.9. The van der Waals surface area contributed by atoms with Gasteiger partial charge in [0.15, 0.2) is 0 Å². The van der Waals surface area contributed by atoms with Gasteiger partial charge in [-0.2, -0.15) is 0 Å². The molecule has 0 saturated carbocycles. The van der Waals surface area contributed by atoms with Gasteiger partial charge in [-0.05, 0) is 35.9 Å². The molecule has 25 heavy (non-hydrogen) atoms. The molecule has 2 aromatic rings. The van der Waals surface area contributed by atoms with E-state index in [1.54, 1.807) is 36.4 Å². The van der Waals surface area contributed by atoms with Crippen LogP contribution < -0.4 is 10.2 Å². The highest BCUT2D eigenvalue weighted by molar-refractivity contribution is 6.30. The van der Waals surface area contributed by atoms with E-state index in [0.29, 0.717) is 22.8 Å². The Kier molecular flexibility index (Phi) is 5.19. The highest BCUT2D eigenvalue weighted by Gasteiger charge is 2.32. The number of carbonyl (C=O) groups excluding carboxylic acids is 2. The molecule has 0 bridgehead atoms. The fourth-order valence-electron chi connectivity index (χ4n) is 2.56. The molecule has 1 unspecified atom stereocenters. The number of cyclic esters (lactones) is 1. The van der Waals surface area contributed by atoms with E-state index < -0.39 is 12.2 Å². The first-order valence-electron chi connectivity index (χ1n) is 7.76. The number of carbonyl (C=O) groups is 2. The van der Waals surface area contributed by atoms with E-state index in [9.17, 15) is 14.0 Å². The Bertz CT molecular complexity index is 782. The van der Waals surface area contributed by atoms with Gasteiger partial charge in [0.25, 0.3) is 0 Å². The number of anilines is 1. The van der Waals surface area contributed by atoms with Gasteiger partial charge in [-0.1, -0.05) is 29.8 Å². The zero-order valence-electron chi connectivity index (χ0n) is 13.2. The second kappa shape index (κ2) is 7.53. The van der Waals surface area contributed by atoms with Crippen LogP contribution in [0.25, 0.3) is 0 Å². The number of amides is 2. The predicted molar refractivity (Wildman–Crippen MR) is 92.2 cm³/mol. The highest BCUT2D eigenvalue weighted by atomic mass is 35.5. The Morgan fingerprint density at radius 2 is 2.04 bits per heavy atom. The molecule has 1 N–H and O–H groups in total. The molecule has 1 aliphatic heterocycles. The van der Waals surface area contributed by atoms with Crippen molar-refractivity contribution in [3.63, 3.8) is 0 Å². The van der Waals surface area contributed by atoms with Crippen molar-refractivity contribution in [2.75, 3.05) is 18.0 Å². The zero-order valence-corrected chi connectivity index (χ0v) is 14.0. The Morgan fingerprint density at radius 3 is 2.76 bits per heavy atom. The Labute approximate surface area is 149 Å². The van der Waals surface area contributed by atoms with E-state index in [1.165, 1.54) is 17.0 Å². The summed E-state index contributed by atoms with van der Waals surface area (Å²) in [5.74, 6) is -0.563. The molecule has 2 amide bonds. The van der Waals surface area contributed by atoms with Crippen LogP contribution in [0.1, 0.15) is 5.56 Å². The Morgan fingerprint density at radius 1 is 1.28 bits per heavy atom. The lowest BCUT2D eigenvalue weighted by atomic mass is 10.1. The first-order valence-corrected chi connectivity index (χ1v) is 8.14. The molecule has 1 heterocycles. The average Bonchev–Trinajstić information content (AvgIpc) is 2.96. The Balaban J connectivity index is 1.51. The van der Waals surface area contributed by atoms with E-state index in [0.717, 1.165) is 0 Å². The monoisotopic (exact) mass is 362 g/mol. The van der Waals surface area contributed by atoms with Crippen LogP contribution in [0.3, 0.4) is 0 Å². The molecule has 7 heteroatoms. The minimum atomic E-state index is -0.472. The molecule has 1 aliphatic rings. The molecule has 0 radical (unpaired) electrons. The fraction of sp³-hybridized carbons (Fsp3) is 0.222. The molecule has 1 atom stereocenters. The van der Waals surface area contributed by atoms with Crippen LogP contribution in [0.15, 0.2) is 48.5 Å². The van der Waals surface area contributed by atoms with Gasteiger partial charge in [-0.15, -0.1) is 0 Å². The quantitative estimate of drug-likeness (QED) is 0.888. The second-order valence-electron chi connectivity index (χ2n) is 5.70. The van der Waals surface area contributed by atoms with Gasteiger partial charge in [0.2, 0.25) is 5.91 Å². The maximum atomic E-state index is 12.9. The van der Waals surface area contributed by atoms with Crippen molar-refractivity contribution in [3.8, 4) is 0 Å². The molecule has 5 nitrogen and oxygen atoms in total. The van der Waals surface area contributed by atoms with Gasteiger partial charge in [0, 0.05) is 10.7 Å². The molecular weight excluding hydrogens is 347 g/mol. The first kappa shape index (κ1) is 17.2. The van der Waals surface area contributed by atoms with Crippen LogP contribution in [0.4, 0.5) is 14.9 Å². The van der Waals surface area contributed by atoms with Crippen molar-refractivity contribution in [2.45, 2.75) is 12.5 Å². The van der Waals surface area contributed by atoms with Gasteiger partial charge in [0.1, 0.15) is 11.9 Å². The molecule has 0 aliphatic carbocycles. The summed E-state index contributed by atoms with van der Waals surface area (Å²) in [7, 11) is 0. The summed E-state index contributed by atoms with van der Waals surface area (Å²) in [6, 6.07) is 12.7. The molecular formula is C18H16ClFN2O3. The molecule has 130 valence electrons. The second-order valence-corrected chi connectivity index (χ2v) is 6.14. The van der Waals surface area contributed by atoms with E-state index in [-0.39, 0.29) is 24.7 Å². The first-order chi connectivity index (χ1) is 12.0. The molecule has 0 spiro atoms. The van der Waals surface area contributed by atoms with Gasteiger partial charge >= 0.3 is 6.09 Å². The lowest BCUT2D eigenvalue weighted by molar-refractivity contribution is -0.120. The topological polar surface area (TPSA) is 58.6 Å². The normalized spacial score (nSPS) is 16.6. The molecule has 0 aromatic heterocycles. The molecule has 3 rings (SSSR count). The van der Waals surface area contributed by atoms with Crippen LogP contribution >= 0.6 is 11.6 Å². The summed E-state index contributed by atoms with van der Waals surface area (Å²) >= 11 is 5.94. The number of nitrogens with one attached hydrogen (secondary N) is 1. The van der Waals surface area contributed by atoms with Crippen LogP contribution in [-0.2, 0) is 16.0 Å². The van der Waals surface area contributed by atoms with Crippen molar-refractivity contribution in [1.29, 1.82) is 0 Å². The van der Waals surface area contributed by atoms with Gasteiger partial charge in [0.05, 0.1) is 19.5 Å². The van der Waals surface area contributed by atoms with Crippen LogP contribution in [-0.4, -0.2) is 31.2 Å². The van der Waals surface area contributed by atoms with Crippen LogP contribution in [0.5, 0.6) is 0 Å². The maximum Gasteiger partial charge on any atom is 0.414 e. The number of hydrogen-bond donors (Lipinski definition) is 1. The summed E-state index contributed by atoms with van der Waals surface area (Å²) in [6.45, 7) is 0.541. The lowest BCUT2D eigenvalue weighted by Crippen LogP contribution is -2.35. The van der Waals surface area contributed by atoms with Crippen LogP contribution in [0, 0.1) is 5.82 Å². The number of ether oxygens (including phenoxy) is 1. The molecule has 1 saturated heterocycles. The smallest absolute Gasteiger partial charge is 0.414 e. The van der Waals surface area contributed by atoms with E-state index in [2.05, 4.69) is 5.32 Å². The minimum absolute atomic E-state index is 0.138. The fourth-order valence-corrected chi connectivity index (χ4v) is 2.75. The lowest BCUT2D eigenvalue weighted by Gasteiger charge is -2.13. The summed E-state index contributed by atoms with van der Waals surface area (Å²) in [4.78, 5) is 25.4. The van der Waals surface area contributed by atoms with Crippen molar-refractivity contribution in [2.24, 2.45) is 0 Å². The van der Waals surface area contributed by atoms with Crippen LogP contribution in [0.2, 0.25) is 5.02 Å². The van der Waals surface area contributed by atoms with Gasteiger partial charge in [-0.25, -0.2) is 9.18 Å². The summed E-state index contributed by atoms with van der Waals surface area (Å²) < 4.78 is 18.1. The van der Waals surface area contributed by atoms with Gasteiger partial charge in [-0.3, -0.25) is 9.69 Å². The zero-order chi connectivity index (χ0) is 17.8. The Hall–Kier alpha value is -2.60. The number of rotatable bonds is 5. The van der Waals surface area contributed by atoms with E-state index in [1.807, 2.05) is 0 Å². The number of hydrogen-bond acceptors (Lipinski definition) is 3. The van der Waals surface area contributed by atoms with E-state index in [4.69, 9.17) is 16.3 Å². The molecule has 1 fully saturated rings. The number of benzene rings is 2. The van der Waals surface area contributed by atoms with E-state index >= 15 is 0 Å². The molecule has 2 aromatic carbocycles. The van der Waals surface area contributed by atoms with Crippen molar-refractivity contribution in [1.82, 2.24) is 5.32 Å². The number of halogens is 2. The average molecular weight is 363 g/mol. The standard InChI is InChI=1S/C18H16ClFN2O3/c19-13-2-1-3-15(9-13)22-11-16(25-18(22)24)10-21-17(23)8-12-4-6-14(20)7-5-12/h1-7,9,16H,8,10-11H2,(H,21,23). The predicted octanol–water partition coefficient (Wildman–Crippen LogP) is 3.16. The van der Waals surface area contributed by atoms with Crippen molar-refractivity contribution < 1.29 is 18.7 Å². The highest BCUT2D eigenvalue weighted by Crippen LogP contribution is 2.24. The van der Waals surface area contributed by atoms with Crippen molar-refractivity contribution >= 4 is 29.3 Å². The summed E-state index contributed by atoms with van der Waals surface area (Å²) in [5, 5.41) is 3.26. The minimum Gasteiger partial charge on any atom is -0.442 e. The number of nitrogens with zero attached hydrogens (tertiary/aromatic N) is 1. The summed E-state index contributed by atoms with van der Waals surface area (Å²) in [6.07, 6.45) is -0.775. The third kappa shape index (κ3) is 4.48. The van der Waals surface area contributed by atoms with Crippen molar-refractivity contribution in [3.05, 3.63) is 64.9 Å². The summed E-state index contributed by atoms with van der Waals surface area (Å²) in [5.41, 5.74) is 1.36. The third-order valence-corrected chi connectivity index (χ3v) is 4.03. The van der Waals surface area contributed by atoms with Gasteiger partial charge < -0.3 is 10.1 Å². The largest absolute Gasteiger partial charge is 0.442 e. The third-order valence-electron chi connectivity index (χ3n) is 3.80. The SMILES string of the molecule is O=C(Cc1ccc(F)cc1)NCC1CN(c2cccc(Cl)c2)C(=O)O1.